The molecule has 1 aromatic carbocycles. The van der Waals surface area contributed by atoms with Crippen LogP contribution in [0.3, 0.4) is 0 Å². The van der Waals surface area contributed by atoms with E-state index >= 15 is 0 Å². The van der Waals surface area contributed by atoms with Crippen molar-refractivity contribution in [3.63, 3.8) is 0 Å². The first-order valence-corrected chi connectivity index (χ1v) is 10.0. The minimum atomic E-state index is -0.168. The van der Waals surface area contributed by atoms with Crippen molar-refractivity contribution in [3.8, 4) is 0 Å². The van der Waals surface area contributed by atoms with Crippen molar-refractivity contribution in [2.45, 2.75) is 51.9 Å². The Labute approximate surface area is 163 Å². The summed E-state index contributed by atoms with van der Waals surface area (Å²) in [6.45, 7) is 4.70. The van der Waals surface area contributed by atoms with Crippen LogP contribution in [-0.2, 0) is 19.3 Å². The largest absolute Gasteiger partial charge is 0.350 e. The molecule has 6 nitrogen and oxygen atoms in total. The summed E-state index contributed by atoms with van der Waals surface area (Å²) >= 11 is 0. The highest BCUT2D eigenvalue weighted by Gasteiger charge is 2.21. The Balaban J connectivity index is 1.46. The van der Waals surface area contributed by atoms with Crippen molar-refractivity contribution in [1.82, 2.24) is 20.5 Å². The van der Waals surface area contributed by atoms with Gasteiger partial charge in [0.15, 0.2) is 5.69 Å². The zero-order valence-corrected chi connectivity index (χ0v) is 16.4. The summed E-state index contributed by atoms with van der Waals surface area (Å²) in [4.78, 5) is 27.8. The van der Waals surface area contributed by atoms with Crippen LogP contribution in [-0.4, -0.2) is 27.6 Å². The Morgan fingerprint density at radius 1 is 1.21 bits per heavy atom. The third-order valence-electron chi connectivity index (χ3n) is 5.56. The van der Waals surface area contributed by atoms with E-state index < -0.39 is 0 Å². The number of fused-ring (bicyclic) bond motifs is 2. The number of aromatic nitrogens is 3. The Bertz CT molecular complexity index is 1080. The maximum absolute atomic E-state index is 12.5. The van der Waals surface area contributed by atoms with Crippen LogP contribution in [0.15, 0.2) is 29.1 Å². The maximum atomic E-state index is 12.5. The molecule has 1 aliphatic rings. The molecule has 0 bridgehead atoms. The lowest BCUT2D eigenvalue weighted by molar-refractivity contribution is 0.0948. The molecular formula is C22H26N4O2. The molecule has 0 radical (unpaired) electrons. The number of hydrogen-bond donors (Lipinski definition) is 3. The molecular weight excluding hydrogens is 352 g/mol. The molecule has 4 rings (SSSR count). The number of pyridine rings is 1. The Morgan fingerprint density at radius 3 is 2.86 bits per heavy atom. The molecule has 3 aromatic rings. The lowest BCUT2D eigenvalue weighted by Gasteiger charge is -2.11. The fraction of sp³-hybridized carbons (Fsp3) is 0.409. The average Bonchev–Trinajstić information content (AvgIpc) is 3.12. The van der Waals surface area contributed by atoms with Crippen LogP contribution in [0.5, 0.6) is 0 Å². The lowest BCUT2D eigenvalue weighted by atomic mass is 9.96. The molecule has 6 heteroatoms. The Morgan fingerprint density at radius 2 is 2.04 bits per heavy atom. The third-order valence-corrected chi connectivity index (χ3v) is 5.56. The van der Waals surface area contributed by atoms with Gasteiger partial charge in [-0.1, -0.05) is 19.9 Å². The predicted molar refractivity (Wildman–Crippen MR) is 110 cm³/mol. The van der Waals surface area contributed by atoms with Gasteiger partial charge in [0.05, 0.1) is 0 Å². The van der Waals surface area contributed by atoms with E-state index in [1.165, 1.54) is 5.56 Å². The summed E-state index contributed by atoms with van der Waals surface area (Å²) < 4.78 is 0. The monoisotopic (exact) mass is 378 g/mol. The van der Waals surface area contributed by atoms with Crippen LogP contribution in [0.25, 0.3) is 10.9 Å². The molecule has 0 aliphatic heterocycles. The summed E-state index contributed by atoms with van der Waals surface area (Å²) in [5, 5.41) is 11.1. The van der Waals surface area contributed by atoms with Gasteiger partial charge in [0.25, 0.3) is 11.5 Å². The van der Waals surface area contributed by atoms with Crippen molar-refractivity contribution in [2.24, 2.45) is 0 Å². The minimum Gasteiger partial charge on any atom is -0.350 e. The van der Waals surface area contributed by atoms with Gasteiger partial charge in [-0.2, -0.15) is 5.10 Å². The Kier molecular flexibility index (Phi) is 5.03. The molecule has 146 valence electrons. The molecule has 1 amide bonds. The second-order valence-electron chi connectivity index (χ2n) is 7.87. The summed E-state index contributed by atoms with van der Waals surface area (Å²) in [6, 6.07) is 8.06. The van der Waals surface area contributed by atoms with Crippen molar-refractivity contribution in [3.05, 3.63) is 62.7 Å². The maximum Gasteiger partial charge on any atom is 0.272 e. The number of rotatable bonds is 5. The first kappa shape index (κ1) is 18.5. The van der Waals surface area contributed by atoms with E-state index in [-0.39, 0.29) is 11.5 Å². The van der Waals surface area contributed by atoms with Crippen LogP contribution in [0, 0.1) is 0 Å². The van der Waals surface area contributed by atoms with Gasteiger partial charge in [-0.25, -0.2) is 0 Å². The van der Waals surface area contributed by atoms with Crippen LogP contribution in [0.1, 0.15) is 65.5 Å². The number of nitrogens with one attached hydrogen (secondary N) is 3. The van der Waals surface area contributed by atoms with Crippen LogP contribution in [0.4, 0.5) is 0 Å². The van der Waals surface area contributed by atoms with Crippen molar-refractivity contribution >= 4 is 16.8 Å². The summed E-state index contributed by atoms with van der Waals surface area (Å²) in [5.74, 6) is 0.262. The highest BCUT2D eigenvalue weighted by Crippen LogP contribution is 2.22. The van der Waals surface area contributed by atoms with Gasteiger partial charge in [0.1, 0.15) is 0 Å². The summed E-state index contributed by atoms with van der Waals surface area (Å²) in [5.41, 5.74) is 5.29. The molecule has 2 aromatic heterocycles. The van der Waals surface area contributed by atoms with E-state index in [9.17, 15) is 9.59 Å². The molecule has 0 fully saturated rings. The second kappa shape index (κ2) is 7.62. The van der Waals surface area contributed by atoms with E-state index in [4.69, 9.17) is 0 Å². The topological polar surface area (TPSA) is 90.6 Å². The van der Waals surface area contributed by atoms with E-state index in [1.54, 1.807) is 0 Å². The van der Waals surface area contributed by atoms with Crippen LogP contribution >= 0.6 is 0 Å². The smallest absolute Gasteiger partial charge is 0.272 e. The number of hydrogen-bond acceptors (Lipinski definition) is 3. The molecule has 2 heterocycles. The van der Waals surface area contributed by atoms with Gasteiger partial charge in [0.2, 0.25) is 0 Å². The number of amides is 1. The minimum absolute atomic E-state index is 0.101. The zero-order valence-electron chi connectivity index (χ0n) is 16.4. The molecule has 0 unspecified atom stereocenters. The number of carbonyl (C=O) groups excluding carboxylic acids is 1. The summed E-state index contributed by atoms with van der Waals surface area (Å²) in [6.07, 6.45) is 4.57. The van der Waals surface area contributed by atoms with Gasteiger partial charge >= 0.3 is 0 Å². The fourth-order valence-corrected chi connectivity index (χ4v) is 3.88. The molecule has 0 spiro atoms. The standard InChI is InChI=1S/C22H26N4O2/c1-13(2)14-7-8-18-16(11-14)12-15(21(27)24-18)9-10-23-22(28)20-17-5-3-4-6-19(17)25-26-20/h7-8,11-13H,3-6,9-10H2,1-2H3,(H,23,28)(H,24,27)(H,25,26). The SMILES string of the molecule is CC(C)c1ccc2[nH]c(=O)c(CCNC(=O)c3n[nH]c4c3CCCC4)cc2c1. The number of nitrogens with zero attached hydrogens (tertiary/aromatic N) is 1. The highest BCUT2D eigenvalue weighted by atomic mass is 16.2. The molecule has 28 heavy (non-hydrogen) atoms. The van der Waals surface area contributed by atoms with Gasteiger partial charge in [-0.3, -0.25) is 14.7 Å². The number of H-pyrrole nitrogens is 2. The molecule has 0 saturated carbocycles. The van der Waals surface area contributed by atoms with E-state index in [0.29, 0.717) is 30.1 Å². The number of aryl methyl sites for hydroxylation is 1. The first-order chi connectivity index (χ1) is 13.5. The fourth-order valence-electron chi connectivity index (χ4n) is 3.88. The van der Waals surface area contributed by atoms with Crippen LogP contribution < -0.4 is 10.9 Å². The lowest BCUT2D eigenvalue weighted by Crippen LogP contribution is -2.28. The first-order valence-electron chi connectivity index (χ1n) is 10.0. The van der Waals surface area contributed by atoms with Gasteiger partial charge in [-0.05, 0) is 67.2 Å². The van der Waals surface area contributed by atoms with E-state index in [0.717, 1.165) is 47.8 Å². The van der Waals surface area contributed by atoms with Crippen LogP contribution in [0.2, 0.25) is 0 Å². The average molecular weight is 378 g/mol. The molecule has 0 atom stereocenters. The number of carbonyl (C=O) groups is 1. The van der Waals surface area contributed by atoms with Crippen molar-refractivity contribution < 1.29 is 4.79 Å². The Hall–Kier alpha value is -2.89. The molecule has 1 aliphatic carbocycles. The quantitative estimate of drug-likeness (QED) is 0.637. The van der Waals surface area contributed by atoms with Crippen molar-refractivity contribution in [1.29, 1.82) is 0 Å². The predicted octanol–water partition coefficient (Wildman–Crippen LogP) is 3.23. The third kappa shape index (κ3) is 3.59. The van der Waals surface area contributed by atoms with E-state index in [2.05, 4.69) is 40.4 Å². The number of benzene rings is 1. The number of aromatic amines is 2. The summed E-state index contributed by atoms with van der Waals surface area (Å²) in [7, 11) is 0. The van der Waals surface area contributed by atoms with Gasteiger partial charge < -0.3 is 10.3 Å². The highest BCUT2D eigenvalue weighted by molar-refractivity contribution is 5.94. The normalized spacial score (nSPS) is 13.7. The van der Waals surface area contributed by atoms with Gasteiger partial charge in [0, 0.05) is 28.9 Å². The molecule has 3 N–H and O–H groups in total. The van der Waals surface area contributed by atoms with Gasteiger partial charge in [-0.15, -0.1) is 0 Å². The second-order valence-corrected chi connectivity index (χ2v) is 7.87. The molecule has 0 saturated heterocycles. The van der Waals surface area contributed by atoms with Crippen molar-refractivity contribution in [2.75, 3.05) is 6.54 Å². The zero-order chi connectivity index (χ0) is 19.7. The van der Waals surface area contributed by atoms with E-state index in [1.807, 2.05) is 18.2 Å².